The summed E-state index contributed by atoms with van der Waals surface area (Å²) in [4.78, 5) is 0. The van der Waals surface area contributed by atoms with E-state index in [1.165, 1.54) is 25.7 Å². The Balaban J connectivity index is 2.47. The molecule has 0 aliphatic heterocycles. The van der Waals surface area contributed by atoms with Crippen LogP contribution in [0.25, 0.3) is 0 Å². The van der Waals surface area contributed by atoms with Gasteiger partial charge in [0.25, 0.3) is 0 Å². The second-order valence-electron chi connectivity index (χ2n) is 3.69. The maximum absolute atomic E-state index is 5.91. The first-order chi connectivity index (χ1) is 5.83. The third kappa shape index (κ3) is 2.14. The molecule has 0 aromatic heterocycles. The predicted octanol–water partition coefficient (Wildman–Crippen LogP) is 3.07. The molecule has 1 aliphatic rings. The predicted molar refractivity (Wildman–Crippen MR) is 52.6 cm³/mol. The Hall–Kier alpha value is 0.250. The summed E-state index contributed by atoms with van der Waals surface area (Å²) in [6.07, 6.45) is 5.52. The van der Waals surface area contributed by atoms with E-state index in [9.17, 15) is 0 Å². The fourth-order valence-electron chi connectivity index (χ4n) is 2.31. The molecule has 1 rings (SSSR count). The number of methoxy groups -OCH3 is 1. The minimum absolute atomic E-state index is 0.480. The van der Waals surface area contributed by atoms with Crippen molar-refractivity contribution < 1.29 is 4.74 Å². The number of rotatable bonds is 4. The third-order valence-corrected chi connectivity index (χ3v) is 3.53. The zero-order valence-electron chi connectivity index (χ0n) is 8.05. The van der Waals surface area contributed by atoms with E-state index in [1.54, 1.807) is 0 Å². The van der Waals surface area contributed by atoms with Crippen LogP contribution in [0.3, 0.4) is 0 Å². The monoisotopic (exact) mass is 190 g/mol. The maximum Gasteiger partial charge on any atom is 0.0602 e. The number of alkyl halides is 1. The molecule has 0 radical (unpaired) electrons. The third-order valence-electron chi connectivity index (χ3n) is 3.13. The van der Waals surface area contributed by atoms with Gasteiger partial charge < -0.3 is 4.74 Å². The van der Waals surface area contributed by atoms with E-state index in [1.807, 2.05) is 7.11 Å². The standard InChI is InChI=1S/C10H19ClO/c1-3-8(7-11)9-5-4-6-10(9)12-2/h8-10H,3-7H2,1-2H3. The molecule has 0 aromatic rings. The SMILES string of the molecule is CCC(CCl)C1CCCC1OC. The number of hydrogen-bond acceptors (Lipinski definition) is 1. The lowest BCUT2D eigenvalue weighted by Crippen LogP contribution is -2.25. The van der Waals surface area contributed by atoms with Crippen LogP contribution in [-0.2, 0) is 4.74 Å². The highest BCUT2D eigenvalue weighted by Crippen LogP contribution is 2.35. The first kappa shape index (κ1) is 10.3. The van der Waals surface area contributed by atoms with Crippen LogP contribution in [-0.4, -0.2) is 19.1 Å². The maximum atomic E-state index is 5.91. The molecule has 0 heterocycles. The molecule has 3 atom stereocenters. The first-order valence-corrected chi connectivity index (χ1v) is 5.45. The lowest BCUT2D eigenvalue weighted by atomic mass is 9.89. The lowest BCUT2D eigenvalue weighted by molar-refractivity contribution is 0.0507. The summed E-state index contributed by atoms with van der Waals surface area (Å²) in [5, 5.41) is 0. The van der Waals surface area contributed by atoms with Gasteiger partial charge in [0.1, 0.15) is 0 Å². The molecule has 0 spiro atoms. The molecule has 0 aromatic carbocycles. The van der Waals surface area contributed by atoms with Crippen molar-refractivity contribution in [2.24, 2.45) is 11.8 Å². The van der Waals surface area contributed by atoms with Gasteiger partial charge >= 0.3 is 0 Å². The Morgan fingerprint density at radius 1 is 1.50 bits per heavy atom. The minimum Gasteiger partial charge on any atom is -0.381 e. The van der Waals surface area contributed by atoms with Crippen molar-refractivity contribution in [3.63, 3.8) is 0 Å². The summed E-state index contributed by atoms with van der Waals surface area (Å²) in [7, 11) is 1.82. The molecule has 12 heavy (non-hydrogen) atoms. The van der Waals surface area contributed by atoms with Crippen LogP contribution < -0.4 is 0 Å². The Bertz CT molecular complexity index is 123. The normalized spacial score (nSPS) is 32.2. The first-order valence-electron chi connectivity index (χ1n) is 4.92. The summed E-state index contributed by atoms with van der Waals surface area (Å²) in [5.41, 5.74) is 0. The van der Waals surface area contributed by atoms with Gasteiger partial charge in [0.2, 0.25) is 0 Å². The summed E-state index contributed by atoms with van der Waals surface area (Å²) < 4.78 is 5.45. The molecule has 3 unspecified atom stereocenters. The minimum atomic E-state index is 0.480. The second kappa shape index (κ2) is 5.08. The summed E-state index contributed by atoms with van der Waals surface area (Å²) >= 11 is 5.91. The molecule has 2 heteroatoms. The Morgan fingerprint density at radius 3 is 2.75 bits per heavy atom. The van der Waals surface area contributed by atoms with Crippen LogP contribution in [0.2, 0.25) is 0 Å². The quantitative estimate of drug-likeness (QED) is 0.620. The summed E-state index contributed by atoms with van der Waals surface area (Å²) in [5.74, 6) is 2.18. The molecule has 1 nitrogen and oxygen atoms in total. The molecule has 0 amide bonds. The van der Waals surface area contributed by atoms with Crippen LogP contribution in [0.4, 0.5) is 0 Å². The molecule has 0 saturated heterocycles. The van der Waals surface area contributed by atoms with E-state index in [4.69, 9.17) is 16.3 Å². The van der Waals surface area contributed by atoms with Gasteiger partial charge in [0.15, 0.2) is 0 Å². The summed E-state index contributed by atoms with van der Waals surface area (Å²) in [6, 6.07) is 0. The molecule has 1 aliphatic carbocycles. The fourth-order valence-corrected chi connectivity index (χ4v) is 2.76. The van der Waals surface area contributed by atoms with Gasteiger partial charge in [-0.2, -0.15) is 0 Å². The van der Waals surface area contributed by atoms with Gasteiger partial charge in [-0.25, -0.2) is 0 Å². The highest BCUT2D eigenvalue weighted by atomic mass is 35.5. The largest absolute Gasteiger partial charge is 0.381 e. The van der Waals surface area contributed by atoms with Crippen LogP contribution in [0.5, 0.6) is 0 Å². The van der Waals surface area contributed by atoms with E-state index in [-0.39, 0.29) is 0 Å². The number of ether oxygens (including phenoxy) is 1. The van der Waals surface area contributed by atoms with Crippen LogP contribution >= 0.6 is 11.6 Å². The molecule has 72 valence electrons. The van der Waals surface area contributed by atoms with Crippen molar-refractivity contribution in [3.05, 3.63) is 0 Å². The zero-order valence-corrected chi connectivity index (χ0v) is 8.81. The average molecular weight is 191 g/mol. The van der Waals surface area contributed by atoms with Crippen molar-refractivity contribution in [1.82, 2.24) is 0 Å². The average Bonchev–Trinajstić information content (AvgIpc) is 2.55. The second-order valence-corrected chi connectivity index (χ2v) is 4.00. The van der Waals surface area contributed by atoms with E-state index < -0.39 is 0 Å². The summed E-state index contributed by atoms with van der Waals surface area (Å²) in [6.45, 7) is 2.22. The molecular weight excluding hydrogens is 172 g/mol. The Morgan fingerprint density at radius 2 is 2.25 bits per heavy atom. The van der Waals surface area contributed by atoms with E-state index in [2.05, 4.69) is 6.92 Å². The van der Waals surface area contributed by atoms with Crippen LogP contribution in [0.1, 0.15) is 32.6 Å². The number of hydrogen-bond donors (Lipinski definition) is 0. The Labute approximate surface area is 80.4 Å². The number of halogens is 1. The molecule has 1 saturated carbocycles. The lowest BCUT2D eigenvalue weighted by Gasteiger charge is -2.25. The van der Waals surface area contributed by atoms with Gasteiger partial charge in [-0.05, 0) is 24.7 Å². The van der Waals surface area contributed by atoms with Gasteiger partial charge in [0, 0.05) is 13.0 Å². The van der Waals surface area contributed by atoms with Gasteiger partial charge in [-0.1, -0.05) is 19.8 Å². The fraction of sp³-hybridized carbons (Fsp3) is 1.00. The highest BCUT2D eigenvalue weighted by molar-refractivity contribution is 6.18. The van der Waals surface area contributed by atoms with Gasteiger partial charge in [-0.15, -0.1) is 11.6 Å². The van der Waals surface area contributed by atoms with E-state index >= 15 is 0 Å². The zero-order chi connectivity index (χ0) is 8.97. The Kier molecular flexibility index (Phi) is 4.38. The van der Waals surface area contributed by atoms with Crippen molar-refractivity contribution in [2.45, 2.75) is 38.7 Å². The molecule has 0 bridgehead atoms. The van der Waals surface area contributed by atoms with Crippen molar-refractivity contribution in [1.29, 1.82) is 0 Å². The molecular formula is C10H19ClO. The van der Waals surface area contributed by atoms with Crippen LogP contribution in [0.15, 0.2) is 0 Å². The molecule has 0 N–H and O–H groups in total. The van der Waals surface area contributed by atoms with Crippen molar-refractivity contribution in [2.75, 3.05) is 13.0 Å². The van der Waals surface area contributed by atoms with Crippen molar-refractivity contribution >= 4 is 11.6 Å². The topological polar surface area (TPSA) is 9.23 Å². The highest BCUT2D eigenvalue weighted by Gasteiger charge is 2.32. The molecule has 1 fully saturated rings. The van der Waals surface area contributed by atoms with Crippen molar-refractivity contribution in [3.8, 4) is 0 Å². The van der Waals surface area contributed by atoms with E-state index in [0.717, 1.165) is 11.8 Å². The van der Waals surface area contributed by atoms with E-state index in [0.29, 0.717) is 12.0 Å². The van der Waals surface area contributed by atoms with Gasteiger partial charge in [-0.3, -0.25) is 0 Å². The van der Waals surface area contributed by atoms with Crippen LogP contribution in [0, 0.1) is 11.8 Å². The van der Waals surface area contributed by atoms with Gasteiger partial charge in [0.05, 0.1) is 6.10 Å². The smallest absolute Gasteiger partial charge is 0.0602 e.